The molecule has 0 bridgehead atoms. The van der Waals surface area contributed by atoms with Gasteiger partial charge < -0.3 is 15.1 Å². The average molecular weight is 207 g/mol. The average Bonchev–Trinajstić information content (AvgIpc) is 2.65. The summed E-state index contributed by atoms with van der Waals surface area (Å²) in [4.78, 5) is 2.28. The Bertz CT molecular complexity index is 312. The molecule has 82 valence electrons. The third-order valence-electron chi connectivity index (χ3n) is 2.67. The Balaban J connectivity index is 1.93. The van der Waals surface area contributed by atoms with Gasteiger partial charge in [-0.2, -0.15) is 0 Å². The molecule has 1 saturated heterocycles. The monoisotopic (exact) mass is 207 g/mol. The summed E-state index contributed by atoms with van der Waals surface area (Å²) < 4.78 is 5.83. The van der Waals surface area contributed by atoms with Crippen LogP contribution in [0.4, 0.5) is 5.69 Å². The summed E-state index contributed by atoms with van der Waals surface area (Å²) in [6, 6.07) is 7.70. The Labute approximate surface area is 90.0 Å². The van der Waals surface area contributed by atoms with Gasteiger partial charge in [0.2, 0.25) is 0 Å². The van der Waals surface area contributed by atoms with E-state index in [2.05, 4.69) is 17.4 Å². The predicted octanol–water partition coefficient (Wildman–Crippen LogP) is 1.06. The van der Waals surface area contributed by atoms with Crippen LogP contribution in [0.1, 0.15) is 6.42 Å². The molecule has 4 nitrogen and oxygen atoms in total. The minimum absolute atomic E-state index is 0.326. The molecule has 0 aliphatic carbocycles. The number of hydrogen-bond acceptors (Lipinski definition) is 4. The van der Waals surface area contributed by atoms with Gasteiger partial charge in [-0.3, -0.25) is 5.84 Å². The third kappa shape index (κ3) is 2.61. The van der Waals surface area contributed by atoms with Gasteiger partial charge in [0, 0.05) is 18.8 Å². The number of benzene rings is 1. The molecule has 0 radical (unpaired) electrons. The number of nitrogens with one attached hydrogen (secondary N) is 1. The molecule has 1 atom stereocenters. The van der Waals surface area contributed by atoms with E-state index in [1.165, 1.54) is 0 Å². The molecular formula is C11H17N3O. The first-order valence-corrected chi connectivity index (χ1v) is 5.20. The molecule has 1 aliphatic heterocycles. The second-order valence-corrected chi connectivity index (χ2v) is 3.96. The summed E-state index contributed by atoms with van der Waals surface area (Å²) in [5.74, 6) is 6.20. The van der Waals surface area contributed by atoms with Crippen LogP contribution in [0.2, 0.25) is 0 Å². The Morgan fingerprint density at radius 3 is 2.67 bits per heavy atom. The van der Waals surface area contributed by atoms with Crippen molar-refractivity contribution in [1.29, 1.82) is 0 Å². The quantitative estimate of drug-likeness (QED) is 0.574. The highest BCUT2D eigenvalue weighted by molar-refractivity contribution is 5.45. The summed E-state index contributed by atoms with van der Waals surface area (Å²) in [5.41, 5.74) is 3.49. The van der Waals surface area contributed by atoms with Crippen molar-refractivity contribution in [1.82, 2.24) is 4.90 Å². The van der Waals surface area contributed by atoms with E-state index in [0.717, 1.165) is 30.9 Å². The number of anilines is 1. The predicted molar refractivity (Wildman–Crippen MR) is 60.8 cm³/mol. The van der Waals surface area contributed by atoms with E-state index in [-0.39, 0.29) is 0 Å². The van der Waals surface area contributed by atoms with Crippen molar-refractivity contribution < 1.29 is 4.74 Å². The lowest BCUT2D eigenvalue weighted by atomic mass is 10.3. The van der Waals surface area contributed by atoms with Gasteiger partial charge in [0.1, 0.15) is 11.9 Å². The van der Waals surface area contributed by atoms with Crippen LogP contribution in [0, 0.1) is 0 Å². The number of likely N-dealkylation sites (N-methyl/N-ethyl adjacent to an activating group) is 1. The SMILES string of the molecule is CN1CCC(Oc2ccc(NN)cc2)C1. The molecule has 1 aromatic carbocycles. The normalized spacial score (nSPS) is 21.6. The van der Waals surface area contributed by atoms with E-state index in [1.54, 1.807) is 0 Å². The van der Waals surface area contributed by atoms with E-state index in [1.807, 2.05) is 24.3 Å². The zero-order valence-electron chi connectivity index (χ0n) is 8.94. The molecule has 0 saturated carbocycles. The van der Waals surface area contributed by atoms with Crippen LogP contribution in [-0.2, 0) is 0 Å². The second-order valence-electron chi connectivity index (χ2n) is 3.96. The largest absolute Gasteiger partial charge is 0.489 e. The highest BCUT2D eigenvalue weighted by Gasteiger charge is 2.20. The van der Waals surface area contributed by atoms with Crippen LogP contribution >= 0.6 is 0 Å². The van der Waals surface area contributed by atoms with Gasteiger partial charge in [-0.15, -0.1) is 0 Å². The van der Waals surface area contributed by atoms with Gasteiger partial charge in [-0.05, 0) is 37.7 Å². The standard InChI is InChI=1S/C11H17N3O/c1-14-7-6-11(8-14)15-10-4-2-9(13-12)3-5-10/h2-5,11,13H,6-8,12H2,1H3. The summed E-state index contributed by atoms with van der Waals surface area (Å²) >= 11 is 0. The first-order valence-electron chi connectivity index (χ1n) is 5.20. The first-order chi connectivity index (χ1) is 7.28. The molecule has 4 heteroatoms. The number of hydrogen-bond donors (Lipinski definition) is 2. The lowest BCUT2D eigenvalue weighted by Crippen LogP contribution is -2.21. The molecule has 2 rings (SSSR count). The molecule has 1 aromatic rings. The maximum absolute atomic E-state index is 5.83. The van der Waals surface area contributed by atoms with Gasteiger partial charge in [-0.1, -0.05) is 0 Å². The van der Waals surface area contributed by atoms with Crippen molar-refractivity contribution >= 4 is 5.69 Å². The Hall–Kier alpha value is -1.26. The summed E-state index contributed by atoms with van der Waals surface area (Å²) in [5, 5.41) is 0. The third-order valence-corrected chi connectivity index (χ3v) is 2.67. The number of ether oxygens (including phenoxy) is 1. The Morgan fingerprint density at radius 2 is 2.13 bits per heavy atom. The fraction of sp³-hybridized carbons (Fsp3) is 0.455. The van der Waals surface area contributed by atoms with Crippen molar-refractivity contribution in [2.75, 3.05) is 25.6 Å². The molecular weight excluding hydrogens is 190 g/mol. The number of nitrogens with two attached hydrogens (primary N) is 1. The fourth-order valence-corrected chi connectivity index (χ4v) is 1.81. The fourth-order valence-electron chi connectivity index (χ4n) is 1.81. The molecule has 1 unspecified atom stereocenters. The van der Waals surface area contributed by atoms with E-state index < -0.39 is 0 Å². The maximum atomic E-state index is 5.83. The molecule has 0 spiro atoms. The highest BCUT2D eigenvalue weighted by atomic mass is 16.5. The van der Waals surface area contributed by atoms with Crippen LogP contribution in [0.3, 0.4) is 0 Å². The van der Waals surface area contributed by atoms with Crippen LogP contribution in [0.15, 0.2) is 24.3 Å². The number of hydrazine groups is 1. The Morgan fingerprint density at radius 1 is 1.40 bits per heavy atom. The number of rotatable bonds is 3. The van der Waals surface area contributed by atoms with Crippen LogP contribution in [0.5, 0.6) is 5.75 Å². The van der Waals surface area contributed by atoms with Gasteiger partial charge >= 0.3 is 0 Å². The molecule has 1 fully saturated rings. The lowest BCUT2D eigenvalue weighted by Gasteiger charge is -2.13. The summed E-state index contributed by atoms with van der Waals surface area (Å²) in [7, 11) is 2.12. The van der Waals surface area contributed by atoms with E-state index in [4.69, 9.17) is 10.6 Å². The van der Waals surface area contributed by atoms with Crippen molar-refractivity contribution in [2.24, 2.45) is 5.84 Å². The minimum Gasteiger partial charge on any atom is -0.489 e. The van der Waals surface area contributed by atoms with Gasteiger partial charge in [0.05, 0.1) is 0 Å². The summed E-state index contributed by atoms with van der Waals surface area (Å²) in [6.45, 7) is 2.13. The highest BCUT2D eigenvalue weighted by Crippen LogP contribution is 2.19. The van der Waals surface area contributed by atoms with Crippen LogP contribution in [0.25, 0.3) is 0 Å². The second kappa shape index (κ2) is 4.51. The van der Waals surface area contributed by atoms with Gasteiger partial charge in [0.25, 0.3) is 0 Å². The van der Waals surface area contributed by atoms with E-state index in [0.29, 0.717) is 6.10 Å². The number of likely N-dealkylation sites (tertiary alicyclic amines) is 1. The van der Waals surface area contributed by atoms with Crippen molar-refractivity contribution in [3.05, 3.63) is 24.3 Å². The minimum atomic E-state index is 0.326. The zero-order chi connectivity index (χ0) is 10.7. The van der Waals surface area contributed by atoms with Crippen LogP contribution in [-0.4, -0.2) is 31.1 Å². The number of nitrogen functional groups attached to an aromatic ring is 1. The van der Waals surface area contributed by atoms with Crippen molar-refractivity contribution in [3.63, 3.8) is 0 Å². The van der Waals surface area contributed by atoms with Crippen LogP contribution < -0.4 is 16.0 Å². The van der Waals surface area contributed by atoms with E-state index in [9.17, 15) is 0 Å². The number of nitrogens with zero attached hydrogens (tertiary/aromatic N) is 1. The van der Waals surface area contributed by atoms with Gasteiger partial charge in [0.15, 0.2) is 0 Å². The molecule has 3 N–H and O–H groups in total. The molecule has 1 aliphatic rings. The van der Waals surface area contributed by atoms with Crippen molar-refractivity contribution in [2.45, 2.75) is 12.5 Å². The maximum Gasteiger partial charge on any atom is 0.119 e. The lowest BCUT2D eigenvalue weighted by molar-refractivity contribution is 0.208. The van der Waals surface area contributed by atoms with E-state index >= 15 is 0 Å². The molecule has 0 amide bonds. The Kier molecular flexibility index (Phi) is 3.08. The summed E-state index contributed by atoms with van der Waals surface area (Å²) in [6.07, 6.45) is 1.43. The zero-order valence-corrected chi connectivity index (χ0v) is 8.94. The van der Waals surface area contributed by atoms with Gasteiger partial charge in [-0.25, -0.2) is 0 Å². The topological polar surface area (TPSA) is 50.5 Å². The molecule has 0 aromatic heterocycles. The first kappa shape index (κ1) is 10.3. The van der Waals surface area contributed by atoms with Crippen molar-refractivity contribution in [3.8, 4) is 5.75 Å². The molecule has 15 heavy (non-hydrogen) atoms. The smallest absolute Gasteiger partial charge is 0.119 e. The molecule has 1 heterocycles.